The van der Waals surface area contributed by atoms with Crippen LogP contribution in [0.5, 0.6) is 5.75 Å². The molecule has 4 atom stereocenters. The van der Waals surface area contributed by atoms with Crippen LogP contribution >= 0.6 is 0 Å². The van der Waals surface area contributed by atoms with Crippen molar-refractivity contribution in [3.8, 4) is 5.75 Å². The van der Waals surface area contributed by atoms with E-state index in [1.165, 1.54) is 23.3 Å². The molecule has 0 radical (unpaired) electrons. The highest BCUT2D eigenvalue weighted by Gasteiger charge is 2.69. The van der Waals surface area contributed by atoms with Gasteiger partial charge in [-0.25, -0.2) is 4.39 Å². The molecule has 1 heterocycles. The zero-order valence-corrected chi connectivity index (χ0v) is 17.8. The second-order valence-corrected chi connectivity index (χ2v) is 9.92. The van der Waals surface area contributed by atoms with Gasteiger partial charge < -0.3 is 15.1 Å². The molecular formula is C25H31FN2O2. The van der Waals surface area contributed by atoms with Gasteiger partial charge in [0.15, 0.2) is 0 Å². The number of aromatic hydroxyl groups is 1. The molecule has 5 heteroatoms. The summed E-state index contributed by atoms with van der Waals surface area (Å²) in [5, 5.41) is 20.1. The lowest BCUT2D eigenvalue weighted by Crippen LogP contribution is -2.67. The molecule has 2 aliphatic carbocycles. The Hall–Kier alpha value is -1.95. The third-order valence-corrected chi connectivity index (χ3v) is 7.97. The number of nitrogens with zero attached hydrogens (tertiary/aromatic N) is 2. The summed E-state index contributed by atoms with van der Waals surface area (Å²) in [5.41, 5.74) is 3.96. The van der Waals surface area contributed by atoms with Crippen molar-refractivity contribution in [3.63, 3.8) is 0 Å². The van der Waals surface area contributed by atoms with E-state index >= 15 is 0 Å². The van der Waals surface area contributed by atoms with E-state index in [2.05, 4.69) is 29.8 Å². The van der Waals surface area contributed by atoms with Crippen LogP contribution in [0.1, 0.15) is 30.0 Å². The summed E-state index contributed by atoms with van der Waals surface area (Å²) in [6.07, 6.45) is 3.01. The Morgan fingerprint density at radius 2 is 1.93 bits per heavy atom. The SMILES string of the molecule is CN1CC23Cc4ccc(O)cc4[C@@](C)(C2)C(N(CCO)CCc2ccc(F)cc2)C13. The first-order valence-electron chi connectivity index (χ1n) is 11.0. The van der Waals surface area contributed by atoms with Crippen molar-refractivity contribution in [2.75, 3.05) is 33.3 Å². The van der Waals surface area contributed by atoms with Crippen LogP contribution in [-0.4, -0.2) is 65.4 Å². The summed E-state index contributed by atoms with van der Waals surface area (Å²) >= 11 is 0. The van der Waals surface area contributed by atoms with Crippen molar-refractivity contribution >= 4 is 0 Å². The summed E-state index contributed by atoms with van der Waals surface area (Å²) in [6.45, 7) is 5.02. The second-order valence-electron chi connectivity index (χ2n) is 9.92. The smallest absolute Gasteiger partial charge is 0.123 e. The van der Waals surface area contributed by atoms with Crippen LogP contribution in [0, 0.1) is 11.2 Å². The van der Waals surface area contributed by atoms with Crippen LogP contribution in [0.15, 0.2) is 42.5 Å². The minimum atomic E-state index is -0.211. The number of likely N-dealkylation sites (tertiary alicyclic amines) is 1. The van der Waals surface area contributed by atoms with Crippen LogP contribution in [0.25, 0.3) is 0 Å². The largest absolute Gasteiger partial charge is 0.508 e. The minimum absolute atomic E-state index is 0.0697. The number of halogens is 1. The van der Waals surface area contributed by atoms with Gasteiger partial charge in [-0.05, 0) is 67.3 Å². The normalized spacial score (nSPS) is 32.0. The number of phenols is 1. The molecule has 4 nitrogen and oxygen atoms in total. The lowest BCUT2D eigenvalue weighted by atomic mass is 9.63. The van der Waals surface area contributed by atoms with E-state index in [4.69, 9.17) is 0 Å². The Balaban J connectivity index is 1.50. The van der Waals surface area contributed by atoms with E-state index in [1.54, 1.807) is 0 Å². The molecule has 2 bridgehead atoms. The fourth-order valence-corrected chi connectivity index (χ4v) is 7.12. The van der Waals surface area contributed by atoms with Gasteiger partial charge in [0, 0.05) is 42.5 Å². The summed E-state index contributed by atoms with van der Waals surface area (Å²) in [5.74, 6) is 0.120. The second kappa shape index (κ2) is 7.04. The van der Waals surface area contributed by atoms with Gasteiger partial charge in [-0.3, -0.25) is 4.90 Å². The van der Waals surface area contributed by atoms with E-state index in [9.17, 15) is 14.6 Å². The highest BCUT2D eigenvalue weighted by Crippen LogP contribution is 2.64. The molecule has 3 unspecified atom stereocenters. The van der Waals surface area contributed by atoms with E-state index < -0.39 is 0 Å². The maximum Gasteiger partial charge on any atom is 0.123 e. The Morgan fingerprint density at radius 3 is 2.63 bits per heavy atom. The quantitative estimate of drug-likeness (QED) is 0.769. The van der Waals surface area contributed by atoms with Gasteiger partial charge >= 0.3 is 0 Å². The van der Waals surface area contributed by atoms with Crippen LogP contribution < -0.4 is 0 Å². The number of benzene rings is 2. The summed E-state index contributed by atoms with van der Waals surface area (Å²) in [7, 11) is 2.21. The Labute approximate surface area is 177 Å². The Bertz CT molecular complexity index is 949. The molecule has 2 aromatic carbocycles. The van der Waals surface area contributed by atoms with Gasteiger partial charge in [-0.15, -0.1) is 0 Å². The average Bonchev–Trinajstić information content (AvgIpc) is 2.88. The van der Waals surface area contributed by atoms with Crippen molar-refractivity contribution in [2.45, 2.75) is 43.7 Å². The Kier molecular flexibility index (Phi) is 4.69. The molecule has 1 saturated carbocycles. The first kappa shape index (κ1) is 20.0. The fourth-order valence-electron chi connectivity index (χ4n) is 7.12. The molecule has 1 saturated heterocycles. The molecule has 2 fully saturated rings. The fraction of sp³-hybridized carbons (Fsp3) is 0.520. The third-order valence-electron chi connectivity index (χ3n) is 7.97. The first-order chi connectivity index (χ1) is 14.4. The molecule has 2 N–H and O–H groups in total. The zero-order chi connectivity index (χ0) is 21.1. The van der Waals surface area contributed by atoms with Crippen molar-refractivity contribution in [2.24, 2.45) is 5.41 Å². The summed E-state index contributed by atoms with van der Waals surface area (Å²) in [6, 6.07) is 13.3. The van der Waals surface area contributed by atoms with Gasteiger partial charge in [-0.2, -0.15) is 0 Å². The third kappa shape index (κ3) is 2.90. The molecule has 30 heavy (non-hydrogen) atoms. The molecule has 160 valence electrons. The molecule has 0 aromatic heterocycles. The lowest BCUT2D eigenvalue weighted by molar-refractivity contribution is -0.0632. The number of hydrogen-bond acceptors (Lipinski definition) is 4. The van der Waals surface area contributed by atoms with Crippen LogP contribution in [0.4, 0.5) is 4.39 Å². The van der Waals surface area contributed by atoms with Gasteiger partial charge in [0.25, 0.3) is 0 Å². The van der Waals surface area contributed by atoms with Gasteiger partial charge in [0.1, 0.15) is 11.6 Å². The maximum atomic E-state index is 13.3. The lowest BCUT2D eigenvalue weighted by Gasteiger charge is -2.56. The number of hydrogen-bond donors (Lipinski definition) is 2. The standard InChI is InChI=1S/C25H31FN2O2/c1-24-15-25(14-18-5-8-20(30)13-21(18)24)16-27(2)23(25)22(24)28(11-12-29)10-9-17-3-6-19(26)7-4-17/h3-8,13,22-23,29-30H,9-12,14-16H2,1-2H3/t22?,23?,24-,25?/m1/s1. The van der Waals surface area contributed by atoms with Crippen molar-refractivity contribution in [1.29, 1.82) is 0 Å². The molecule has 5 rings (SSSR count). The molecule has 0 amide bonds. The number of phenolic OH excluding ortho intramolecular Hbond substituents is 1. The molecule has 1 spiro atoms. The van der Waals surface area contributed by atoms with Crippen molar-refractivity contribution < 1.29 is 14.6 Å². The van der Waals surface area contributed by atoms with E-state index in [-0.39, 0.29) is 29.3 Å². The summed E-state index contributed by atoms with van der Waals surface area (Å²) in [4.78, 5) is 4.93. The first-order valence-corrected chi connectivity index (χ1v) is 11.0. The average molecular weight is 411 g/mol. The number of likely N-dealkylation sites (N-methyl/N-ethyl adjacent to an activating group) is 1. The number of rotatable bonds is 6. The van der Waals surface area contributed by atoms with Crippen molar-refractivity contribution in [1.82, 2.24) is 9.80 Å². The number of aliphatic hydroxyl groups excluding tert-OH is 1. The Morgan fingerprint density at radius 1 is 1.17 bits per heavy atom. The van der Waals surface area contributed by atoms with Crippen molar-refractivity contribution in [3.05, 3.63) is 65.0 Å². The number of fused-ring (bicyclic) bond motifs is 3. The number of aliphatic hydroxyl groups is 1. The predicted octanol–water partition coefficient (Wildman–Crippen LogP) is 2.95. The summed E-state index contributed by atoms with van der Waals surface area (Å²) < 4.78 is 13.3. The van der Waals surface area contributed by atoms with Crippen LogP contribution in [-0.2, 0) is 18.3 Å². The van der Waals surface area contributed by atoms with Gasteiger partial charge in [0.05, 0.1) is 6.61 Å². The van der Waals surface area contributed by atoms with Crippen LogP contribution in [0.2, 0.25) is 0 Å². The van der Waals surface area contributed by atoms with E-state index in [0.717, 1.165) is 37.9 Å². The maximum absolute atomic E-state index is 13.3. The molecule has 2 aromatic rings. The zero-order valence-electron chi connectivity index (χ0n) is 17.8. The van der Waals surface area contributed by atoms with Crippen LogP contribution in [0.3, 0.4) is 0 Å². The van der Waals surface area contributed by atoms with Gasteiger partial charge in [0.2, 0.25) is 0 Å². The van der Waals surface area contributed by atoms with E-state index in [1.807, 2.05) is 24.3 Å². The highest BCUT2D eigenvalue weighted by molar-refractivity contribution is 5.49. The predicted molar refractivity (Wildman–Crippen MR) is 115 cm³/mol. The van der Waals surface area contributed by atoms with Gasteiger partial charge in [-0.1, -0.05) is 25.1 Å². The monoisotopic (exact) mass is 410 g/mol. The molecule has 3 aliphatic rings. The highest BCUT2D eigenvalue weighted by atomic mass is 19.1. The minimum Gasteiger partial charge on any atom is -0.508 e. The molecule has 1 aliphatic heterocycles. The van der Waals surface area contributed by atoms with E-state index in [0.29, 0.717) is 18.3 Å². The molecular weight excluding hydrogens is 379 g/mol. The topological polar surface area (TPSA) is 46.9 Å².